The van der Waals surface area contributed by atoms with Gasteiger partial charge in [0.05, 0.1) is 0 Å². The van der Waals surface area contributed by atoms with Gasteiger partial charge in [-0.25, -0.2) is 0 Å². The molecule has 0 aromatic heterocycles. The second-order valence-corrected chi connectivity index (χ2v) is 5.38. The molecule has 1 fully saturated rings. The quantitative estimate of drug-likeness (QED) is 0.735. The van der Waals surface area contributed by atoms with Crippen LogP contribution in [0.5, 0.6) is 0 Å². The predicted octanol–water partition coefficient (Wildman–Crippen LogP) is 2.53. The third-order valence-electron chi connectivity index (χ3n) is 3.99. The minimum Gasteiger partial charge on any atom is -0.329 e. The van der Waals surface area contributed by atoms with Gasteiger partial charge in [-0.1, -0.05) is 33.6 Å². The topological polar surface area (TPSA) is 38.0 Å². The Morgan fingerprint density at radius 1 is 1.40 bits per heavy atom. The van der Waals surface area contributed by atoms with Crippen molar-refractivity contribution in [2.45, 2.75) is 58.4 Å². The number of hydrogen-bond donors (Lipinski definition) is 2. The molecule has 0 aliphatic heterocycles. The molecule has 0 amide bonds. The second kappa shape index (κ2) is 5.86. The van der Waals surface area contributed by atoms with Gasteiger partial charge < -0.3 is 11.1 Å². The van der Waals surface area contributed by atoms with Crippen LogP contribution in [0.4, 0.5) is 0 Å². The van der Waals surface area contributed by atoms with E-state index in [1.807, 2.05) is 0 Å². The molecule has 2 heteroatoms. The molecule has 90 valence electrons. The molecule has 2 atom stereocenters. The highest BCUT2D eigenvalue weighted by Crippen LogP contribution is 2.37. The minimum atomic E-state index is 0.239. The normalized spacial score (nSPS) is 32.2. The summed E-state index contributed by atoms with van der Waals surface area (Å²) in [6, 6.07) is 0. The molecular formula is C13H28N2. The first-order valence-corrected chi connectivity index (χ1v) is 6.61. The third kappa shape index (κ3) is 2.94. The van der Waals surface area contributed by atoms with Crippen molar-refractivity contribution >= 4 is 0 Å². The van der Waals surface area contributed by atoms with E-state index in [4.69, 9.17) is 5.73 Å². The van der Waals surface area contributed by atoms with Crippen molar-refractivity contribution in [1.82, 2.24) is 5.32 Å². The standard InChI is InChI=1S/C13H28N2/c1-4-9-15-13(10-14)8-6-5-7-12(13)11(2)3/h11-12,15H,4-10,14H2,1-3H3. The summed E-state index contributed by atoms with van der Waals surface area (Å²) in [5, 5.41) is 3.74. The molecule has 0 heterocycles. The number of nitrogens with one attached hydrogen (secondary N) is 1. The maximum Gasteiger partial charge on any atom is 0.0334 e. The van der Waals surface area contributed by atoms with Crippen LogP contribution in [-0.2, 0) is 0 Å². The smallest absolute Gasteiger partial charge is 0.0334 e. The van der Waals surface area contributed by atoms with Crippen molar-refractivity contribution in [3.8, 4) is 0 Å². The zero-order chi connectivity index (χ0) is 11.3. The number of hydrogen-bond acceptors (Lipinski definition) is 2. The van der Waals surface area contributed by atoms with E-state index in [1.54, 1.807) is 0 Å². The van der Waals surface area contributed by atoms with Gasteiger partial charge in [0.25, 0.3) is 0 Å². The van der Waals surface area contributed by atoms with E-state index >= 15 is 0 Å². The molecule has 1 saturated carbocycles. The van der Waals surface area contributed by atoms with Crippen molar-refractivity contribution < 1.29 is 0 Å². The van der Waals surface area contributed by atoms with E-state index in [2.05, 4.69) is 26.1 Å². The zero-order valence-corrected chi connectivity index (χ0v) is 10.7. The summed E-state index contributed by atoms with van der Waals surface area (Å²) >= 11 is 0. The fraction of sp³-hybridized carbons (Fsp3) is 1.00. The predicted molar refractivity (Wildman–Crippen MR) is 66.9 cm³/mol. The largest absolute Gasteiger partial charge is 0.329 e. The molecule has 0 radical (unpaired) electrons. The van der Waals surface area contributed by atoms with Crippen molar-refractivity contribution in [2.24, 2.45) is 17.6 Å². The monoisotopic (exact) mass is 212 g/mol. The fourth-order valence-electron chi connectivity index (χ4n) is 3.16. The van der Waals surface area contributed by atoms with Gasteiger partial charge in [-0.15, -0.1) is 0 Å². The van der Waals surface area contributed by atoms with E-state index in [9.17, 15) is 0 Å². The second-order valence-electron chi connectivity index (χ2n) is 5.38. The van der Waals surface area contributed by atoms with Crippen LogP contribution in [0.3, 0.4) is 0 Å². The molecule has 0 saturated heterocycles. The van der Waals surface area contributed by atoms with Gasteiger partial charge in [-0.05, 0) is 37.6 Å². The van der Waals surface area contributed by atoms with Crippen LogP contribution < -0.4 is 11.1 Å². The summed E-state index contributed by atoms with van der Waals surface area (Å²) in [5.74, 6) is 1.51. The summed E-state index contributed by atoms with van der Waals surface area (Å²) in [4.78, 5) is 0. The number of nitrogens with two attached hydrogens (primary N) is 1. The Bertz CT molecular complexity index is 179. The molecule has 3 N–H and O–H groups in total. The summed E-state index contributed by atoms with van der Waals surface area (Å²) in [6.45, 7) is 8.82. The Hall–Kier alpha value is -0.0800. The third-order valence-corrected chi connectivity index (χ3v) is 3.99. The highest BCUT2D eigenvalue weighted by molar-refractivity contribution is 4.99. The first-order chi connectivity index (χ1) is 7.16. The van der Waals surface area contributed by atoms with Gasteiger partial charge >= 0.3 is 0 Å². The summed E-state index contributed by atoms with van der Waals surface area (Å²) in [6.07, 6.45) is 6.56. The maximum atomic E-state index is 6.04. The Kier molecular flexibility index (Phi) is 5.07. The Balaban J connectivity index is 2.70. The van der Waals surface area contributed by atoms with Crippen molar-refractivity contribution in [3.63, 3.8) is 0 Å². The van der Waals surface area contributed by atoms with Crippen molar-refractivity contribution in [1.29, 1.82) is 0 Å². The molecule has 2 unspecified atom stereocenters. The molecule has 1 aliphatic carbocycles. The zero-order valence-electron chi connectivity index (χ0n) is 10.7. The lowest BCUT2D eigenvalue weighted by atomic mass is 9.68. The molecule has 0 bridgehead atoms. The Morgan fingerprint density at radius 3 is 2.67 bits per heavy atom. The number of rotatable bonds is 5. The first kappa shape index (κ1) is 13.0. The van der Waals surface area contributed by atoms with Gasteiger partial charge in [0.1, 0.15) is 0 Å². The van der Waals surface area contributed by atoms with E-state index in [1.165, 1.54) is 32.1 Å². The highest BCUT2D eigenvalue weighted by atomic mass is 15.0. The molecule has 2 nitrogen and oxygen atoms in total. The lowest BCUT2D eigenvalue weighted by molar-refractivity contribution is 0.109. The van der Waals surface area contributed by atoms with Crippen LogP contribution in [0.25, 0.3) is 0 Å². The Morgan fingerprint density at radius 2 is 2.13 bits per heavy atom. The van der Waals surface area contributed by atoms with Gasteiger partial charge in [0.15, 0.2) is 0 Å². The Labute approximate surface area is 95.0 Å². The molecule has 0 spiro atoms. The lowest BCUT2D eigenvalue weighted by Gasteiger charge is -2.46. The van der Waals surface area contributed by atoms with Crippen LogP contribution in [0.2, 0.25) is 0 Å². The molecule has 1 rings (SSSR count). The van der Waals surface area contributed by atoms with Gasteiger partial charge in [-0.3, -0.25) is 0 Å². The van der Waals surface area contributed by atoms with Crippen LogP contribution in [0.1, 0.15) is 52.9 Å². The summed E-state index contributed by atoms with van der Waals surface area (Å²) < 4.78 is 0. The van der Waals surface area contributed by atoms with Gasteiger partial charge in [0, 0.05) is 12.1 Å². The van der Waals surface area contributed by atoms with Crippen molar-refractivity contribution in [2.75, 3.05) is 13.1 Å². The summed E-state index contributed by atoms with van der Waals surface area (Å²) in [7, 11) is 0. The molecule has 1 aliphatic rings. The molecular weight excluding hydrogens is 184 g/mol. The van der Waals surface area contributed by atoms with Crippen LogP contribution in [-0.4, -0.2) is 18.6 Å². The van der Waals surface area contributed by atoms with E-state index in [0.717, 1.165) is 24.9 Å². The summed E-state index contributed by atoms with van der Waals surface area (Å²) in [5.41, 5.74) is 6.28. The average molecular weight is 212 g/mol. The average Bonchev–Trinajstić information content (AvgIpc) is 2.26. The van der Waals surface area contributed by atoms with E-state index in [0.29, 0.717) is 0 Å². The van der Waals surface area contributed by atoms with E-state index in [-0.39, 0.29) is 5.54 Å². The van der Waals surface area contributed by atoms with E-state index < -0.39 is 0 Å². The molecule has 0 aromatic carbocycles. The maximum absolute atomic E-state index is 6.04. The molecule has 0 aromatic rings. The highest BCUT2D eigenvalue weighted by Gasteiger charge is 2.40. The van der Waals surface area contributed by atoms with Crippen LogP contribution >= 0.6 is 0 Å². The van der Waals surface area contributed by atoms with Gasteiger partial charge in [0.2, 0.25) is 0 Å². The van der Waals surface area contributed by atoms with Gasteiger partial charge in [-0.2, -0.15) is 0 Å². The SMILES string of the molecule is CCCNC1(CN)CCCCC1C(C)C. The lowest BCUT2D eigenvalue weighted by Crippen LogP contribution is -2.59. The fourth-order valence-corrected chi connectivity index (χ4v) is 3.16. The minimum absolute atomic E-state index is 0.239. The van der Waals surface area contributed by atoms with Crippen LogP contribution in [0, 0.1) is 11.8 Å². The first-order valence-electron chi connectivity index (χ1n) is 6.61. The molecule has 15 heavy (non-hydrogen) atoms. The van der Waals surface area contributed by atoms with Crippen LogP contribution in [0.15, 0.2) is 0 Å². The van der Waals surface area contributed by atoms with Crippen molar-refractivity contribution in [3.05, 3.63) is 0 Å².